The van der Waals surface area contributed by atoms with Gasteiger partial charge in [-0.2, -0.15) is 0 Å². The van der Waals surface area contributed by atoms with Crippen LogP contribution in [0.4, 0.5) is 4.79 Å². The van der Waals surface area contributed by atoms with E-state index in [1.807, 2.05) is 58.8 Å². The van der Waals surface area contributed by atoms with Crippen LogP contribution in [0.5, 0.6) is 0 Å². The number of nitrogens with zero attached hydrogens (tertiary/aromatic N) is 3. The molecule has 0 aliphatic carbocycles. The lowest BCUT2D eigenvalue weighted by molar-refractivity contribution is -0.134. The Bertz CT molecular complexity index is 1160. The number of pyridine rings is 1. The number of imide groups is 1. The van der Waals surface area contributed by atoms with Gasteiger partial charge in [-0.05, 0) is 54.8 Å². The summed E-state index contributed by atoms with van der Waals surface area (Å²) in [6.07, 6.45) is 5.18. The van der Waals surface area contributed by atoms with Gasteiger partial charge in [0.2, 0.25) is 0 Å². The molecule has 5 rings (SSSR count). The first-order valence-electron chi connectivity index (χ1n) is 11.5. The molecule has 174 valence electrons. The zero-order valence-corrected chi connectivity index (χ0v) is 19.5. The smallest absolute Gasteiger partial charge is 0.325 e. The van der Waals surface area contributed by atoms with Crippen molar-refractivity contribution in [3.05, 3.63) is 88.4 Å². The van der Waals surface area contributed by atoms with Gasteiger partial charge in [0.25, 0.3) is 11.8 Å². The summed E-state index contributed by atoms with van der Waals surface area (Å²) >= 11 is 1.62. The largest absolute Gasteiger partial charge is 0.339 e. The highest BCUT2D eigenvalue weighted by molar-refractivity contribution is 7.09. The molecule has 3 aromatic rings. The van der Waals surface area contributed by atoms with Gasteiger partial charge in [0, 0.05) is 48.0 Å². The van der Waals surface area contributed by atoms with Gasteiger partial charge in [0.1, 0.15) is 0 Å². The molecule has 0 bridgehead atoms. The summed E-state index contributed by atoms with van der Waals surface area (Å²) in [5, 5.41) is 5.05. The fourth-order valence-electron chi connectivity index (χ4n) is 5.06. The highest BCUT2D eigenvalue weighted by atomic mass is 32.1. The van der Waals surface area contributed by atoms with Crippen molar-refractivity contribution in [3.8, 4) is 0 Å². The number of likely N-dealkylation sites (tertiary alicyclic amines) is 1. The SMILES string of the molecule is O=C(c1ccccc1)N1CCC([C@@]2(c3cccnc3)NC(=O)N(CCc3cccs3)C2=O)CC1. The highest BCUT2D eigenvalue weighted by Gasteiger charge is 2.57. The van der Waals surface area contributed by atoms with E-state index in [4.69, 9.17) is 0 Å². The molecular weight excluding hydrogens is 448 g/mol. The minimum absolute atomic E-state index is 0.00571. The Balaban J connectivity index is 1.37. The first-order chi connectivity index (χ1) is 16.6. The first kappa shape index (κ1) is 22.3. The Hall–Kier alpha value is -3.52. The van der Waals surface area contributed by atoms with Crippen molar-refractivity contribution >= 4 is 29.2 Å². The van der Waals surface area contributed by atoms with Crippen LogP contribution < -0.4 is 5.32 Å². The molecule has 4 amide bonds. The third-order valence-corrected chi connectivity index (χ3v) is 7.76. The molecule has 2 aromatic heterocycles. The summed E-state index contributed by atoms with van der Waals surface area (Å²) in [4.78, 5) is 48.4. The van der Waals surface area contributed by atoms with Crippen molar-refractivity contribution in [2.75, 3.05) is 19.6 Å². The van der Waals surface area contributed by atoms with E-state index in [1.165, 1.54) is 4.90 Å². The van der Waals surface area contributed by atoms with Gasteiger partial charge < -0.3 is 10.2 Å². The number of nitrogens with one attached hydrogen (secondary N) is 1. The zero-order valence-electron chi connectivity index (χ0n) is 18.7. The Morgan fingerprint density at radius 3 is 2.53 bits per heavy atom. The number of thiophene rings is 1. The Morgan fingerprint density at radius 2 is 1.85 bits per heavy atom. The van der Waals surface area contributed by atoms with Crippen LogP contribution in [-0.4, -0.2) is 52.3 Å². The third kappa shape index (κ3) is 3.98. The van der Waals surface area contributed by atoms with E-state index in [-0.39, 0.29) is 23.8 Å². The number of carbonyl (C=O) groups is 3. The lowest BCUT2D eigenvalue weighted by Crippen LogP contribution is -2.54. The van der Waals surface area contributed by atoms with E-state index >= 15 is 0 Å². The van der Waals surface area contributed by atoms with Gasteiger partial charge in [0.15, 0.2) is 5.54 Å². The number of hydrogen-bond acceptors (Lipinski definition) is 5. The molecule has 0 saturated carbocycles. The second-order valence-corrected chi connectivity index (χ2v) is 9.73. The lowest BCUT2D eigenvalue weighted by atomic mass is 9.73. The van der Waals surface area contributed by atoms with Crippen molar-refractivity contribution in [1.29, 1.82) is 0 Å². The molecule has 2 fully saturated rings. The molecule has 0 radical (unpaired) electrons. The van der Waals surface area contributed by atoms with E-state index in [0.29, 0.717) is 50.0 Å². The topological polar surface area (TPSA) is 82.6 Å². The molecule has 2 saturated heterocycles. The van der Waals surface area contributed by atoms with Gasteiger partial charge in [-0.25, -0.2) is 4.79 Å². The Kier molecular flexibility index (Phi) is 6.15. The summed E-state index contributed by atoms with van der Waals surface area (Å²) in [6.45, 7) is 1.38. The minimum Gasteiger partial charge on any atom is -0.339 e. The zero-order chi connectivity index (χ0) is 23.5. The van der Waals surface area contributed by atoms with Crippen molar-refractivity contribution in [1.82, 2.24) is 20.1 Å². The Morgan fingerprint density at radius 1 is 1.06 bits per heavy atom. The summed E-state index contributed by atoms with van der Waals surface area (Å²) in [7, 11) is 0. The van der Waals surface area contributed by atoms with Crippen molar-refractivity contribution in [3.63, 3.8) is 0 Å². The molecule has 7 nitrogen and oxygen atoms in total. The summed E-state index contributed by atoms with van der Waals surface area (Å²) < 4.78 is 0. The molecule has 1 aromatic carbocycles. The average Bonchev–Trinajstić information content (AvgIpc) is 3.50. The number of piperidine rings is 1. The number of amides is 4. The van der Waals surface area contributed by atoms with Crippen LogP contribution >= 0.6 is 11.3 Å². The number of urea groups is 1. The molecule has 0 spiro atoms. The van der Waals surface area contributed by atoms with Gasteiger partial charge in [-0.15, -0.1) is 11.3 Å². The fourth-order valence-corrected chi connectivity index (χ4v) is 5.76. The van der Waals surface area contributed by atoms with E-state index in [2.05, 4.69) is 10.3 Å². The van der Waals surface area contributed by atoms with Gasteiger partial charge in [-0.3, -0.25) is 19.5 Å². The molecule has 2 aliphatic heterocycles. The van der Waals surface area contributed by atoms with Crippen LogP contribution in [-0.2, 0) is 16.8 Å². The third-order valence-electron chi connectivity index (χ3n) is 6.83. The van der Waals surface area contributed by atoms with Gasteiger partial charge in [-0.1, -0.05) is 30.3 Å². The maximum Gasteiger partial charge on any atom is 0.325 e. The molecule has 8 heteroatoms. The molecule has 1 atom stereocenters. The van der Waals surface area contributed by atoms with Crippen LogP contribution in [0.15, 0.2) is 72.4 Å². The average molecular weight is 475 g/mol. The predicted octanol–water partition coefficient (Wildman–Crippen LogP) is 3.69. The number of benzene rings is 1. The number of hydrogen-bond donors (Lipinski definition) is 1. The van der Waals surface area contributed by atoms with Crippen LogP contribution in [0.3, 0.4) is 0 Å². The van der Waals surface area contributed by atoms with Crippen LogP contribution in [0.25, 0.3) is 0 Å². The second-order valence-electron chi connectivity index (χ2n) is 8.70. The Labute approximate surface area is 202 Å². The lowest BCUT2D eigenvalue weighted by Gasteiger charge is -2.41. The van der Waals surface area contributed by atoms with Crippen LogP contribution in [0.1, 0.15) is 33.6 Å². The highest BCUT2D eigenvalue weighted by Crippen LogP contribution is 2.41. The van der Waals surface area contributed by atoms with Crippen molar-refractivity contribution < 1.29 is 14.4 Å². The molecule has 1 N–H and O–H groups in total. The molecule has 0 unspecified atom stereocenters. The van der Waals surface area contributed by atoms with E-state index < -0.39 is 5.54 Å². The van der Waals surface area contributed by atoms with E-state index in [0.717, 1.165) is 4.88 Å². The summed E-state index contributed by atoms with van der Waals surface area (Å²) in [6, 6.07) is 16.5. The minimum atomic E-state index is -1.16. The van der Waals surface area contributed by atoms with Crippen LogP contribution in [0, 0.1) is 5.92 Å². The quantitative estimate of drug-likeness (QED) is 0.553. The normalized spacial score (nSPS) is 21.1. The summed E-state index contributed by atoms with van der Waals surface area (Å²) in [5.74, 6) is -0.372. The number of aromatic nitrogens is 1. The molecular formula is C26H26N4O3S. The summed E-state index contributed by atoms with van der Waals surface area (Å²) in [5.41, 5.74) is 0.190. The van der Waals surface area contributed by atoms with E-state index in [9.17, 15) is 14.4 Å². The standard InChI is InChI=1S/C26H26N4O3S/c31-23(19-6-2-1-3-7-19)29-14-10-20(11-15-29)26(21-8-4-13-27-18-21)24(32)30(25(33)28-26)16-12-22-9-5-17-34-22/h1-9,13,17-18,20H,10-12,14-16H2,(H,28,33)/t26-/m0/s1. The number of carbonyl (C=O) groups excluding carboxylic acids is 3. The van der Waals surface area contributed by atoms with Crippen molar-refractivity contribution in [2.45, 2.75) is 24.8 Å². The monoisotopic (exact) mass is 474 g/mol. The van der Waals surface area contributed by atoms with E-state index in [1.54, 1.807) is 29.8 Å². The fraction of sp³-hybridized carbons (Fsp3) is 0.308. The van der Waals surface area contributed by atoms with Gasteiger partial charge >= 0.3 is 6.03 Å². The predicted molar refractivity (Wildman–Crippen MR) is 129 cm³/mol. The molecule has 34 heavy (non-hydrogen) atoms. The maximum atomic E-state index is 13.9. The maximum absolute atomic E-state index is 13.9. The molecule has 2 aliphatic rings. The second kappa shape index (κ2) is 9.38. The first-order valence-corrected chi connectivity index (χ1v) is 12.4. The van der Waals surface area contributed by atoms with Crippen LogP contribution in [0.2, 0.25) is 0 Å². The van der Waals surface area contributed by atoms with Gasteiger partial charge in [0.05, 0.1) is 0 Å². The molecule has 4 heterocycles. The van der Waals surface area contributed by atoms with Crippen molar-refractivity contribution in [2.24, 2.45) is 5.92 Å². The number of rotatable bonds is 6.